The van der Waals surface area contributed by atoms with E-state index in [4.69, 9.17) is 0 Å². The van der Waals surface area contributed by atoms with Crippen LogP contribution in [-0.4, -0.2) is 22.2 Å². The van der Waals surface area contributed by atoms with Crippen molar-refractivity contribution in [2.75, 3.05) is 0 Å². The van der Waals surface area contributed by atoms with Gasteiger partial charge in [0, 0.05) is 0 Å². The molecule has 2 unspecified atom stereocenters. The van der Waals surface area contributed by atoms with E-state index in [9.17, 15) is 19.8 Å². The van der Waals surface area contributed by atoms with Crippen molar-refractivity contribution in [3.05, 3.63) is 0 Å². The highest BCUT2D eigenvalue weighted by molar-refractivity contribution is 5.79. The molecular formula is C20H38O4. The summed E-state index contributed by atoms with van der Waals surface area (Å²) in [5, 5.41) is 18.9. The maximum Gasteiger partial charge on any atom is 0.307 e. The van der Waals surface area contributed by atoms with Gasteiger partial charge < -0.3 is 10.2 Å². The highest BCUT2D eigenvalue weighted by Crippen LogP contribution is 2.26. The molecule has 0 aliphatic carbocycles. The molecule has 0 aliphatic rings. The fourth-order valence-electron chi connectivity index (χ4n) is 3.28. The second-order valence-electron chi connectivity index (χ2n) is 7.00. The second-order valence-corrected chi connectivity index (χ2v) is 7.00. The first kappa shape index (κ1) is 22.9. The topological polar surface area (TPSA) is 74.6 Å². The Kier molecular flexibility index (Phi) is 14.8. The third-order valence-corrected chi connectivity index (χ3v) is 4.86. The lowest BCUT2D eigenvalue weighted by Gasteiger charge is -2.20. The van der Waals surface area contributed by atoms with Crippen molar-refractivity contribution in [1.82, 2.24) is 0 Å². The number of carbonyl (C=O) groups is 2. The Bertz CT molecular complexity index is 296. The van der Waals surface area contributed by atoms with Crippen LogP contribution in [0.4, 0.5) is 0 Å². The van der Waals surface area contributed by atoms with Crippen LogP contribution in [0.15, 0.2) is 0 Å². The van der Waals surface area contributed by atoms with E-state index in [1.807, 2.05) is 0 Å². The van der Waals surface area contributed by atoms with Gasteiger partial charge in [-0.05, 0) is 12.8 Å². The van der Waals surface area contributed by atoms with Crippen LogP contribution in [0, 0.1) is 11.8 Å². The van der Waals surface area contributed by atoms with E-state index in [1.165, 1.54) is 38.5 Å². The smallest absolute Gasteiger partial charge is 0.307 e. The molecule has 142 valence electrons. The molecule has 0 amide bonds. The monoisotopic (exact) mass is 342 g/mol. The highest BCUT2D eigenvalue weighted by Gasteiger charge is 2.32. The molecule has 0 spiro atoms. The van der Waals surface area contributed by atoms with Gasteiger partial charge in [-0.2, -0.15) is 0 Å². The predicted molar refractivity (Wildman–Crippen MR) is 98.2 cm³/mol. The number of hydrogen-bond acceptors (Lipinski definition) is 2. The molecule has 0 saturated heterocycles. The van der Waals surface area contributed by atoms with Gasteiger partial charge in [-0.3, -0.25) is 9.59 Å². The van der Waals surface area contributed by atoms with E-state index in [-0.39, 0.29) is 0 Å². The summed E-state index contributed by atoms with van der Waals surface area (Å²) in [5.74, 6) is -3.35. The molecule has 4 nitrogen and oxygen atoms in total. The standard InChI is InChI=1S/C20H38O4/c1-3-5-7-9-11-13-15-17(19(21)22)18(20(23)24)16-14-12-10-8-6-4-2/h17-18H,3-16H2,1-2H3,(H,21,22)(H,23,24). The molecule has 0 bridgehead atoms. The first-order chi connectivity index (χ1) is 11.5. The number of aliphatic carboxylic acids is 2. The van der Waals surface area contributed by atoms with E-state index < -0.39 is 23.8 Å². The molecule has 2 atom stereocenters. The number of hydrogen-bond donors (Lipinski definition) is 2. The molecule has 0 saturated carbocycles. The first-order valence-corrected chi connectivity index (χ1v) is 10.00. The zero-order valence-corrected chi connectivity index (χ0v) is 15.8. The van der Waals surface area contributed by atoms with Crippen molar-refractivity contribution in [3.63, 3.8) is 0 Å². The summed E-state index contributed by atoms with van der Waals surface area (Å²) >= 11 is 0. The lowest BCUT2D eigenvalue weighted by molar-refractivity contribution is -0.154. The van der Waals surface area contributed by atoms with Crippen molar-refractivity contribution in [3.8, 4) is 0 Å². The van der Waals surface area contributed by atoms with Crippen LogP contribution < -0.4 is 0 Å². The highest BCUT2D eigenvalue weighted by atomic mass is 16.4. The number of rotatable bonds is 17. The zero-order chi connectivity index (χ0) is 18.2. The molecule has 4 heteroatoms. The summed E-state index contributed by atoms with van der Waals surface area (Å²) in [7, 11) is 0. The molecule has 0 aromatic heterocycles. The van der Waals surface area contributed by atoms with Crippen molar-refractivity contribution >= 4 is 11.9 Å². The fraction of sp³-hybridized carbons (Fsp3) is 0.900. The van der Waals surface area contributed by atoms with Crippen molar-refractivity contribution < 1.29 is 19.8 Å². The molecule has 0 aromatic rings. The summed E-state index contributed by atoms with van der Waals surface area (Å²) in [6, 6.07) is 0. The molecule has 24 heavy (non-hydrogen) atoms. The molecule has 0 aliphatic heterocycles. The van der Waals surface area contributed by atoms with Crippen LogP contribution in [-0.2, 0) is 9.59 Å². The predicted octanol–water partition coefficient (Wildman–Crippen LogP) is 5.89. The fourth-order valence-corrected chi connectivity index (χ4v) is 3.28. The van der Waals surface area contributed by atoms with Crippen LogP contribution in [0.5, 0.6) is 0 Å². The number of carboxylic acids is 2. The Hall–Kier alpha value is -1.06. The quantitative estimate of drug-likeness (QED) is 0.323. The molecule has 2 N–H and O–H groups in total. The normalized spacial score (nSPS) is 13.6. The average Bonchev–Trinajstić information content (AvgIpc) is 2.54. The average molecular weight is 343 g/mol. The Morgan fingerprint density at radius 2 is 0.875 bits per heavy atom. The van der Waals surface area contributed by atoms with Crippen molar-refractivity contribution in [2.24, 2.45) is 11.8 Å². The van der Waals surface area contributed by atoms with Gasteiger partial charge in [0.2, 0.25) is 0 Å². The van der Waals surface area contributed by atoms with Gasteiger partial charge in [0.15, 0.2) is 0 Å². The van der Waals surface area contributed by atoms with Gasteiger partial charge in [0.1, 0.15) is 0 Å². The maximum atomic E-state index is 11.5. The number of unbranched alkanes of at least 4 members (excludes halogenated alkanes) is 10. The van der Waals surface area contributed by atoms with Gasteiger partial charge in [-0.25, -0.2) is 0 Å². The molecule has 0 fully saturated rings. The Balaban J connectivity index is 4.22. The SMILES string of the molecule is CCCCCCCCC(C(=O)O)C(CCCCCCCC)C(=O)O. The van der Waals surface area contributed by atoms with Crippen LogP contribution >= 0.6 is 0 Å². The minimum absolute atomic E-state index is 0.494. The van der Waals surface area contributed by atoms with Gasteiger partial charge in [-0.1, -0.05) is 90.9 Å². The molecule has 0 rings (SSSR count). The molecule has 0 aromatic carbocycles. The summed E-state index contributed by atoms with van der Waals surface area (Å²) in [6.45, 7) is 4.33. The van der Waals surface area contributed by atoms with Gasteiger partial charge in [-0.15, -0.1) is 0 Å². The molecule has 0 heterocycles. The molecular weight excluding hydrogens is 304 g/mol. The van der Waals surface area contributed by atoms with Crippen molar-refractivity contribution in [1.29, 1.82) is 0 Å². The summed E-state index contributed by atoms with van der Waals surface area (Å²) in [6.07, 6.45) is 14.1. The minimum Gasteiger partial charge on any atom is -0.481 e. The van der Waals surface area contributed by atoms with E-state index in [0.29, 0.717) is 12.8 Å². The van der Waals surface area contributed by atoms with E-state index in [1.54, 1.807) is 0 Å². The van der Waals surface area contributed by atoms with Gasteiger partial charge in [0.25, 0.3) is 0 Å². The lowest BCUT2D eigenvalue weighted by Crippen LogP contribution is -2.30. The van der Waals surface area contributed by atoms with Gasteiger partial charge in [0.05, 0.1) is 11.8 Å². The summed E-state index contributed by atoms with van der Waals surface area (Å²) < 4.78 is 0. The first-order valence-electron chi connectivity index (χ1n) is 10.00. The Morgan fingerprint density at radius 3 is 1.17 bits per heavy atom. The maximum absolute atomic E-state index is 11.5. The van der Waals surface area contributed by atoms with Crippen LogP contribution in [0.1, 0.15) is 104 Å². The zero-order valence-electron chi connectivity index (χ0n) is 15.8. The summed E-state index contributed by atoms with van der Waals surface area (Å²) in [5.41, 5.74) is 0. The largest absolute Gasteiger partial charge is 0.481 e. The van der Waals surface area contributed by atoms with Gasteiger partial charge >= 0.3 is 11.9 Å². The summed E-state index contributed by atoms with van der Waals surface area (Å²) in [4.78, 5) is 23.0. The van der Waals surface area contributed by atoms with Crippen LogP contribution in [0.25, 0.3) is 0 Å². The lowest BCUT2D eigenvalue weighted by atomic mass is 9.84. The third kappa shape index (κ3) is 11.5. The minimum atomic E-state index is -0.943. The van der Waals surface area contributed by atoms with E-state index in [0.717, 1.165) is 38.5 Å². The second kappa shape index (κ2) is 15.5. The van der Waals surface area contributed by atoms with E-state index in [2.05, 4.69) is 13.8 Å². The van der Waals surface area contributed by atoms with E-state index >= 15 is 0 Å². The third-order valence-electron chi connectivity index (χ3n) is 4.86. The van der Waals surface area contributed by atoms with Crippen LogP contribution in [0.2, 0.25) is 0 Å². The Labute approximate surface area is 148 Å². The molecule has 0 radical (unpaired) electrons. The Morgan fingerprint density at radius 1 is 0.583 bits per heavy atom. The van der Waals surface area contributed by atoms with Crippen molar-refractivity contribution in [2.45, 2.75) is 104 Å². The number of carboxylic acid groups (broad SMARTS) is 2. The van der Waals surface area contributed by atoms with Crippen LogP contribution in [0.3, 0.4) is 0 Å².